The predicted octanol–water partition coefficient (Wildman–Crippen LogP) is 4.06. The van der Waals surface area contributed by atoms with E-state index in [1.54, 1.807) is 12.1 Å². The monoisotopic (exact) mass is 404 g/mol. The molecule has 0 heterocycles. The van der Waals surface area contributed by atoms with E-state index in [0.29, 0.717) is 18.9 Å². The summed E-state index contributed by atoms with van der Waals surface area (Å²) in [4.78, 5) is 14.3. The summed E-state index contributed by atoms with van der Waals surface area (Å²) in [5.41, 5.74) is 2.27. The summed E-state index contributed by atoms with van der Waals surface area (Å²) in [5.74, 6) is 1.24. The SMILES string of the molecule is CN(C)C(CNC(=O)COc1ccc(OCc2ccccc2)cc1)c1ccccc1. The van der Waals surface area contributed by atoms with Crippen molar-refractivity contribution in [2.24, 2.45) is 0 Å². The maximum atomic E-state index is 12.2. The van der Waals surface area contributed by atoms with Crippen molar-refractivity contribution in [3.63, 3.8) is 0 Å². The highest BCUT2D eigenvalue weighted by atomic mass is 16.5. The molecule has 0 aliphatic rings. The molecule has 0 aliphatic heterocycles. The Bertz CT molecular complexity index is 897. The summed E-state index contributed by atoms with van der Waals surface area (Å²) in [5, 5.41) is 2.95. The van der Waals surface area contributed by atoms with Gasteiger partial charge in [0.25, 0.3) is 5.91 Å². The summed E-state index contributed by atoms with van der Waals surface area (Å²) in [6, 6.07) is 27.5. The normalized spacial score (nSPS) is 11.7. The molecule has 3 rings (SSSR count). The van der Waals surface area contributed by atoms with E-state index in [-0.39, 0.29) is 18.6 Å². The van der Waals surface area contributed by atoms with Gasteiger partial charge in [-0.2, -0.15) is 0 Å². The van der Waals surface area contributed by atoms with Crippen LogP contribution in [0.2, 0.25) is 0 Å². The number of hydrogen-bond acceptors (Lipinski definition) is 4. The summed E-state index contributed by atoms with van der Waals surface area (Å²) in [6.45, 7) is 1.00. The van der Waals surface area contributed by atoms with Gasteiger partial charge < -0.3 is 19.7 Å². The predicted molar refractivity (Wildman–Crippen MR) is 119 cm³/mol. The van der Waals surface area contributed by atoms with Crippen LogP contribution in [0.4, 0.5) is 0 Å². The molecule has 0 saturated heterocycles. The zero-order chi connectivity index (χ0) is 21.2. The summed E-state index contributed by atoms with van der Waals surface area (Å²) >= 11 is 0. The fraction of sp³-hybridized carbons (Fsp3) is 0.240. The molecule has 1 N–H and O–H groups in total. The van der Waals surface area contributed by atoms with Crippen LogP contribution in [0, 0.1) is 0 Å². The number of rotatable bonds is 10. The van der Waals surface area contributed by atoms with Gasteiger partial charge in [-0.05, 0) is 49.5 Å². The van der Waals surface area contributed by atoms with E-state index in [1.165, 1.54) is 0 Å². The first-order chi connectivity index (χ1) is 14.6. The molecule has 0 saturated carbocycles. The number of hydrogen-bond donors (Lipinski definition) is 1. The van der Waals surface area contributed by atoms with Crippen LogP contribution in [0.5, 0.6) is 11.5 Å². The molecule has 3 aromatic carbocycles. The standard InChI is InChI=1S/C25H28N2O3/c1-27(2)24(21-11-7-4-8-12-21)17-26-25(28)19-30-23-15-13-22(14-16-23)29-18-20-9-5-3-6-10-20/h3-16,24H,17-19H2,1-2H3,(H,26,28). The molecule has 1 atom stereocenters. The highest BCUT2D eigenvalue weighted by Crippen LogP contribution is 2.19. The van der Waals surface area contributed by atoms with Crippen molar-refractivity contribution in [2.75, 3.05) is 27.2 Å². The van der Waals surface area contributed by atoms with E-state index in [2.05, 4.69) is 22.3 Å². The molecule has 1 unspecified atom stereocenters. The Hall–Kier alpha value is -3.31. The average molecular weight is 405 g/mol. The third-order valence-corrected chi connectivity index (χ3v) is 4.74. The Morgan fingerprint density at radius 3 is 2.00 bits per heavy atom. The number of likely N-dealkylation sites (N-methyl/N-ethyl adjacent to an activating group) is 1. The van der Waals surface area contributed by atoms with Crippen molar-refractivity contribution in [1.82, 2.24) is 10.2 Å². The highest BCUT2D eigenvalue weighted by Gasteiger charge is 2.15. The van der Waals surface area contributed by atoms with Crippen molar-refractivity contribution in [3.05, 3.63) is 96.1 Å². The van der Waals surface area contributed by atoms with Gasteiger partial charge in [0.05, 0.1) is 6.04 Å². The van der Waals surface area contributed by atoms with E-state index < -0.39 is 0 Å². The molecule has 0 aliphatic carbocycles. The third kappa shape index (κ3) is 6.64. The largest absolute Gasteiger partial charge is 0.489 e. The van der Waals surface area contributed by atoms with Crippen LogP contribution in [-0.2, 0) is 11.4 Å². The summed E-state index contributed by atoms with van der Waals surface area (Å²) in [7, 11) is 4.00. The molecular weight excluding hydrogens is 376 g/mol. The zero-order valence-corrected chi connectivity index (χ0v) is 17.5. The zero-order valence-electron chi connectivity index (χ0n) is 17.5. The van der Waals surface area contributed by atoms with E-state index in [4.69, 9.17) is 9.47 Å². The Kier molecular flexibility index (Phi) is 7.86. The first-order valence-corrected chi connectivity index (χ1v) is 9.99. The molecule has 0 spiro atoms. The number of benzene rings is 3. The van der Waals surface area contributed by atoms with Gasteiger partial charge in [-0.15, -0.1) is 0 Å². The first kappa shape index (κ1) is 21.4. The third-order valence-electron chi connectivity index (χ3n) is 4.74. The lowest BCUT2D eigenvalue weighted by Gasteiger charge is -2.25. The van der Waals surface area contributed by atoms with Crippen molar-refractivity contribution < 1.29 is 14.3 Å². The lowest BCUT2D eigenvalue weighted by molar-refractivity contribution is -0.123. The van der Waals surface area contributed by atoms with Crippen LogP contribution in [-0.4, -0.2) is 38.1 Å². The van der Waals surface area contributed by atoms with Crippen LogP contribution < -0.4 is 14.8 Å². The van der Waals surface area contributed by atoms with E-state index >= 15 is 0 Å². The van der Waals surface area contributed by atoms with Crippen molar-refractivity contribution >= 4 is 5.91 Å². The summed E-state index contributed by atoms with van der Waals surface area (Å²) < 4.78 is 11.4. The van der Waals surface area contributed by atoms with Crippen LogP contribution >= 0.6 is 0 Å². The Morgan fingerprint density at radius 2 is 1.40 bits per heavy atom. The molecule has 5 nitrogen and oxygen atoms in total. The number of amides is 1. The Morgan fingerprint density at radius 1 is 0.833 bits per heavy atom. The molecule has 1 amide bonds. The smallest absolute Gasteiger partial charge is 0.258 e. The molecule has 0 bridgehead atoms. The van der Waals surface area contributed by atoms with Gasteiger partial charge in [0.2, 0.25) is 0 Å². The number of carbonyl (C=O) groups excluding carboxylic acids is 1. The first-order valence-electron chi connectivity index (χ1n) is 9.99. The van der Waals surface area contributed by atoms with Gasteiger partial charge in [-0.25, -0.2) is 0 Å². The number of nitrogens with zero attached hydrogens (tertiary/aromatic N) is 1. The van der Waals surface area contributed by atoms with Crippen molar-refractivity contribution in [2.45, 2.75) is 12.6 Å². The van der Waals surface area contributed by atoms with Gasteiger partial charge >= 0.3 is 0 Å². The topological polar surface area (TPSA) is 50.8 Å². The Balaban J connectivity index is 1.43. The van der Waals surface area contributed by atoms with Crippen molar-refractivity contribution in [3.8, 4) is 11.5 Å². The fourth-order valence-electron chi connectivity index (χ4n) is 3.06. The molecular formula is C25H28N2O3. The van der Waals surface area contributed by atoms with Gasteiger partial charge in [0.1, 0.15) is 18.1 Å². The van der Waals surface area contributed by atoms with E-state index in [0.717, 1.165) is 16.9 Å². The van der Waals surface area contributed by atoms with Gasteiger partial charge in [-0.3, -0.25) is 4.79 Å². The second kappa shape index (κ2) is 11.0. The van der Waals surface area contributed by atoms with Gasteiger partial charge in [0.15, 0.2) is 6.61 Å². The average Bonchev–Trinajstić information content (AvgIpc) is 2.78. The van der Waals surface area contributed by atoms with Crippen molar-refractivity contribution in [1.29, 1.82) is 0 Å². The quantitative estimate of drug-likeness (QED) is 0.554. The fourth-order valence-corrected chi connectivity index (χ4v) is 3.06. The lowest BCUT2D eigenvalue weighted by atomic mass is 10.1. The molecule has 0 fully saturated rings. The van der Waals surface area contributed by atoms with E-state index in [1.807, 2.05) is 74.8 Å². The van der Waals surface area contributed by atoms with Crippen LogP contribution in [0.15, 0.2) is 84.9 Å². The van der Waals surface area contributed by atoms with Crippen LogP contribution in [0.25, 0.3) is 0 Å². The number of ether oxygens (including phenoxy) is 2. The highest BCUT2D eigenvalue weighted by molar-refractivity contribution is 5.77. The molecule has 5 heteroatoms. The molecule has 3 aromatic rings. The molecule has 30 heavy (non-hydrogen) atoms. The maximum absolute atomic E-state index is 12.2. The van der Waals surface area contributed by atoms with Crippen LogP contribution in [0.3, 0.4) is 0 Å². The van der Waals surface area contributed by atoms with Crippen LogP contribution in [0.1, 0.15) is 17.2 Å². The Labute approximate surface area is 178 Å². The second-order valence-electron chi connectivity index (χ2n) is 7.23. The van der Waals surface area contributed by atoms with E-state index in [9.17, 15) is 4.79 Å². The minimum Gasteiger partial charge on any atom is -0.489 e. The number of nitrogens with one attached hydrogen (secondary N) is 1. The molecule has 156 valence electrons. The minimum atomic E-state index is -0.151. The van der Waals surface area contributed by atoms with Gasteiger partial charge in [-0.1, -0.05) is 60.7 Å². The lowest BCUT2D eigenvalue weighted by Crippen LogP contribution is -2.36. The summed E-state index contributed by atoms with van der Waals surface area (Å²) in [6.07, 6.45) is 0. The minimum absolute atomic E-state index is 0.0286. The number of carbonyl (C=O) groups is 1. The maximum Gasteiger partial charge on any atom is 0.258 e. The molecule has 0 aromatic heterocycles. The second-order valence-corrected chi connectivity index (χ2v) is 7.23. The van der Waals surface area contributed by atoms with Gasteiger partial charge in [0, 0.05) is 6.54 Å². The molecule has 0 radical (unpaired) electrons.